The van der Waals surface area contributed by atoms with Crippen molar-refractivity contribution in [3.63, 3.8) is 0 Å². The Kier molecular flexibility index (Phi) is 3.98. The largest absolute Gasteiger partial charge is 0.364 e. The van der Waals surface area contributed by atoms with Gasteiger partial charge in [-0.05, 0) is 20.8 Å². The number of aryl methyl sites for hydroxylation is 1. The van der Waals surface area contributed by atoms with Gasteiger partial charge in [0.1, 0.15) is 5.56 Å². The summed E-state index contributed by atoms with van der Waals surface area (Å²) in [4.78, 5) is 28.2. The number of aromatic nitrogens is 1. The standard InChI is InChI=1S/C12H17ClN2O2/c1-8-5-10(16)9(6-14-8)11(17)15(4)12(2,3)7-13/h5-6H,7H2,1-4H3,(H,14,16). The van der Waals surface area contributed by atoms with Gasteiger partial charge in [0.05, 0.1) is 5.54 Å². The maximum Gasteiger partial charge on any atom is 0.259 e. The lowest BCUT2D eigenvalue weighted by atomic mass is 10.1. The molecule has 1 aromatic rings. The minimum absolute atomic E-state index is 0.135. The van der Waals surface area contributed by atoms with E-state index < -0.39 is 5.54 Å². The maximum absolute atomic E-state index is 12.1. The third kappa shape index (κ3) is 2.88. The fourth-order valence-corrected chi connectivity index (χ4v) is 1.46. The second kappa shape index (κ2) is 4.92. The summed E-state index contributed by atoms with van der Waals surface area (Å²) in [5, 5.41) is 0. The predicted molar refractivity (Wildman–Crippen MR) is 68.7 cm³/mol. The van der Waals surface area contributed by atoms with Crippen molar-refractivity contribution in [3.05, 3.63) is 33.7 Å². The number of carbonyl (C=O) groups is 1. The van der Waals surface area contributed by atoms with Gasteiger partial charge < -0.3 is 9.88 Å². The second-order valence-electron chi connectivity index (χ2n) is 4.70. The zero-order valence-corrected chi connectivity index (χ0v) is 11.3. The van der Waals surface area contributed by atoms with Crippen LogP contribution in [0.2, 0.25) is 0 Å². The van der Waals surface area contributed by atoms with Gasteiger partial charge >= 0.3 is 0 Å². The van der Waals surface area contributed by atoms with Crippen LogP contribution < -0.4 is 5.43 Å². The van der Waals surface area contributed by atoms with Crippen LogP contribution >= 0.6 is 11.6 Å². The van der Waals surface area contributed by atoms with Crippen LogP contribution in [0.5, 0.6) is 0 Å². The number of halogens is 1. The summed E-state index contributed by atoms with van der Waals surface area (Å²) >= 11 is 5.80. The number of pyridine rings is 1. The van der Waals surface area contributed by atoms with Gasteiger partial charge in [-0.15, -0.1) is 11.6 Å². The van der Waals surface area contributed by atoms with Crippen molar-refractivity contribution in [2.45, 2.75) is 26.3 Å². The van der Waals surface area contributed by atoms with Gasteiger partial charge in [0.2, 0.25) is 0 Å². The van der Waals surface area contributed by atoms with E-state index in [1.807, 2.05) is 13.8 Å². The molecular formula is C12H17ClN2O2. The summed E-state index contributed by atoms with van der Waals surface area (Å²) in [5.74, 6) is -0.0177. The Bertz CT molecular complexity index is 480. The molecular weight excluding hydrogens is 240 g/mol. The first kappa shape index (κ1) is 13.8. The molecule has 0 aliphatic rings. The maximum atomic E-state index is 12.1. The lowest BCUT2D eigenvalue weighted by Gasteiger charge is -2.33. The van der Waals surface area contributed by atoms with Gasteiger partial charge in [-0.1, -0.05) is 0 Å². The number of alkyl halides is 1. The van der Waals surface area contributed by atoms with E-state index in [1.165, 1.54) is 17.2 Å². The van der Waals surface area contributed by atoms with Crippen LogP contribution in [0.15, 0.2) is 17.1 Å². The molecule has 0 radical (unpaired) electrons. The normalized spacial score (nSPS) is 11.4. The molecule has 17 heavy (non-hydrogen) atoms. The van der Waals surface area contributed by atoms with E-state index in [9.17, 15) is 9.59 Å². The molecule has 0 aliphatic heterocycles. The summed E-state index contributed by atoms with van der Waals surface area (Å²) in [6.07, 6.45) is 1.45. The van der Waals surface area contributed by atoms with Gasteiger partial charge in [0.25, 0.3) is 5.91 Å². The molecule has 0 aliphatic carbocycles. The van der Waals surface area contributed by atoms with E-state index in [0.29, 0.717) is 5.88 Å². The van der Waals surface area contributed by atoms with E-state index in [1.54, 1.807) is 14.0 Å². The van der Waals surface area contributed by atoms with Crippen LogP contribution in [0.3, 0.4) is 0 Å². The van der Waals surface area contributed by atoms with Crippen molar-refractivity contribution >= 4 is 17.5 Å². The van der Waals surface area contributed by atoms with Crippen LogP contribution in [0.1, 0.15) is 29.9 Å². The van der Waals surface area contributed by atoms with Gasteiger partial charge in [-0.3, -0.25) is 9.59 Å². The lowest BCUT2D eigenvalue weighted by molar-refractivity contribution is 0.0658. The summed E-state index contributed by atoms with van der Waals surface area (Å²) < 4.78 is 0. The zero-order valence-electron chi connectivity index (χ0n) is 10.5. The molecule has 0 bridgehead atoms. The van der Waals surface area contributed by atoms with Crippen LogP contribution in [-0.2, 0) is 0 Å². The first-order valence-corrected chi connectivity index (χ1v) is 5.86. The Morgan fingerprint density at radius 2 is 2.12 bits per heavy atom. The minimum Gasteiger partial charge on any atom is -0.364 e. The Morgan fingerprint density at radius 1 is 1.53 bits per heavy atom. The minimum atomic E-state index is -0.490. The summed E-state index contributed by atoms with van der Waals surface area (Å²) in [7, 11) is 1.64. The lowest BCUT2D eigenvalue weighted by Crippen LogP contribution is -2.47. The number of hydrogen-bond donors (Lipinski definition) is 1. The molecule has 0 aromatic carbocycles. The molecule has 1 aromatic heterocycles. The molecule has 1 N–H and O–H groups in total. The second-order valence-corrected chi connectivity index (χ2v) is 4.97. The van der Waals surface area contributed by atoms with E-state index in [4.69, 9.17) is 11.6 Å². The first-order valence-electron chi connectivity index (χ1n) is 5.33. The van der Waals surface area contributed by atoms with Crippen LogP contribution in [0.25, 0.3) is 0 Å². The summed E-state index contributed by atoms with van der Waals surface area (Å²) in [6.45, 7) is 5.46. The van der Waals surface area contributed by atoms with E-state index in [2.05, 4.69) is 4.98 Å². The highest BCUT2D eigenvalue weighted by Crippen LogP contribution is 2.16. The molecule has 94 valence electrons. The molecule has 1 heterocycles. The third-order valence-corrected chi connectivity index (χ3v) is 3.48. The number of carbonyl (C=O) groups excluding carboxylic acids is 1. The molecule has 0 fully saturated rings. The Labute approximate surface area is 106 Å². The average Bonchev–Trinajstić information content (AvgIpc) is 2.27. The highest BCUT2D eigenvalue weighted by Gasteiger charge is 2.28. The van der Waals surface area contributed by atoms with Crippen LogP contribution in [0, 0.1) is 6.92 Å². The van der Waals surface area contributed by atoms with Crippen molar-refractivity contribution in [1.29, 1.82) is 0 Å². The molecule has 0 unspecified atom stereocenters. The number of H-pyrrole nitrogens is 1. The van der Waals surface area contributed by atoms with Gasteiger partial charge in [0, 0.05) is 30.9 Å². The van der Waals surface area contributed by atoms with E-state index in [-0.39, 0.29) is 16.9 Å². The summed E-state index contributed by atoms with van der Waals surface area (Å²) in [6, 6.07) is 1.41. The number of rotatable bonds is 3. The number of nitrogens with zero attached hydrogens (tertiary/aromatic N) is 1. The van der Waals surface area contributed by atoms with E-state index in [0.717, 1.165) is 5.69 Å². The molecule has 0 spiro atoms. The van der Waals surface area contributed by atoms with Crippen LogP contribution in [0.4, 0.5) is 0 Å². The van der Waals surface area contributed by atoms with Crippen molar-refractivity contribution in [1.82, 2.24) is 9.88 Å². The van der Waals surface area contributed by atoms with Gasteiger partial charge in [0.15, 0.2) is 5.43 Å². The number of amides is 1. The van der Waals surface area contributed by atoms with Gasteiger partial charge in [-0.2, -0.15) is 0 Å². The van der Waals surface area contributed by atoms with Gasteiger partial charge in [-0.25, -0.2) is 0 Å². The SMILES string of the molecule is Cc1cc(=O)c(C(=O)N(C)C(C)(C)CCl)c[nH]1. The Morgan fingerprint density at radius 3 is 2.59 bits per heavy atom. The Balaban J connectivity index is 3.09. The predicted octanol–water partition coefficient (Wildman–Crippen LogP) is 1.77. The molecule has 4 nitrogen and oxygen atoms in total. The molecule has 0 saturated carbocycles. The fourth-order valence-electron chi connectivity index (χ4n) is 1.29. The van der Waals surface area contributed by atoms with Crippen molar-refractivity contribution in [2.75, 3.05) is 12.9 Å². The molecule has 0 saturated heterocycles. The molecule has 0 atom stereocenters. The topological polar surface area (TPSA) is 53.2 Å². The highest BCUT2D eigenvalue weighted by molar-refractivity contribution is 6.18. The number of hydrogen-bond acceptors (Lipinski definition) is 2. The zero-order chi connectivity index (χ0) is 13.2. The fraction of sp³-hybridized carbons (Fsp3) is 0.500. The molecule has 1 rings (SSSR count). The van der Waals surface area contributed by atoms with Crippen LogP contribution in [-0.4, -0.2) is 34.3 Å². The Hall–Kier alpha value is -1.29. The van der Waals surface area contributed by atoms with Crippen molar-refractivity contribution < 1.29 is 4.79 Å². The quantitative estimate of drug-likeness (QED) is 0.838. The molecule has 1 amide bonds. The van der Waals surface area contributed by atoms with Crippen molar-refractivity contribution in [2.24, 2.45) is 0 Å². The van der Waals surface area contributed by atoms with E-state index >= 15 is 0 Å². The number of nitrogens with one attached hydrogen (secondary N) is 1. The summed E-state index contributed by atoms with van der Waals surface area (Å²) in [5.41, 5.74) is 0.0984. The smallest absolute Gasteiger partial charge is 0.259 e. The average molecular weight is 257 g/mol. The van der Waals surface area contributed by atoms with Crippen molar-refractivity contribution in [3.8, 4) is 0 Å². The highest BCUT2D eigenvalue weighted by atomic mass is 35.5. The molecule has 5 heteroatoms. The number of aromatic amines is 1. The first-order chi connectivity index (χ1) is 7.79. The third-order valence-electron chi connectivity index (χ3n) is 2.83. The monoisotopic (exact) mass is 256 g/mol.